The molecular formula is C26H27N3. The quantitative estimate of drug-likeness (QED) is 0.461. The van der Waals surface area contributed by atoms with Gasteiger partial charge in [0.25, 0.3) is 0 Å². The van der Waals surface area contributed by atoms with Gasteiger partial charge in [-0.2, -0.15) is 0 Å². The van der Waals surface area contributed by atoms with Crippen LogP contribution < -0.4 is 5.73 Å². The molecule has 3 aromatic rings. The van der Waals surface area contributed by atoms with Crippen LogP contribution in [0.1, 0.15) is 59.9 Å². The van der Waals surface area contributed by atoms with Crippen LogP contribution in [0.15, 0.2) is 59.6 Å². The molecule has 0 amide bonds. The monoisotopic (exact) mass is 381 g/mol. The number of hydrogen-bond donors (Lipinski definition) is 2. The summed E-state index contributed by atoms with van der Waals surface area (Å²) in [5.41, 5.74) is 13.4. The molecule has 0 unspecified atom stereocenters. The van der Waals surface area contributed by atoms with E-state index in [4.69, 9.17) is 16.1 Å². The SMILES string of the molecule is CC(C)C1=NCCc2ccc([C@@H]3C[C@H]3c3ccc4cc(C(=N)N)ccc4c3)cc21. The smallest absolute Gasteiger partial charge is 0.122 e. The molecule has 5 rings (SSSR count). The molecule has 0 saturated heterocycles. The van der Waals surface area contributed by atoms with Gasteiger partial charge >= 0.3 is 0 Å². The Kier molecular flexibility index (Phi) is 4.27. The molecule has 1 heterocycles. The van der Waals surface area contributed by atoms with E-state index < -0.39 is 0 Å². The maximum atomic E-state index is 7.63. The average Bonchev–Trinajstić information content (AvgIpc) is 3.53. The zero-order chi connectivity index (χ0) is 20.1. The van der Waals surface area contributed by atoms with Crippen molar-refractivity contribution >= 4 is 22.3 Å². The van der Waals surface area contributed by atoms with Crippen LogP contribution in [0.5, 0.6) is 0 Å². The zero-order valence-corrected chi connectivity index (χ0v) is 17.1. The maximum absolute atomic E-state index is 7.63. The topological polar surface area (TPSA) is 62.2 Å². The Morgan fingerprint density at radius 2 is 1.66 bits per heavy atom. The van der Waals surface area contributed by atoms with Gasteiger partial charge in [-0.05, 0) is 75.8 Å². The van der Waals surface area contributed by atoms with Gasteiger partial charge in [-0.1, -0.05) is 56.3 Å². The molecule has 1 aliphatic heterocycles. The highest BCUT2D eigenvalue weighted by Gasteiger charge is 2.40. The molecule has 3 nitrogen and oxygen atoms in total. The first-order chi connectivity index (χ1) is 14.0. The number of nitrogens with one attached hydrogen (secondary N) is 1. The lowest BCUT2D eigenvalue weighted by molar-refractivity contribution is 0.837. The normalized spacial score (nSPS) is 20.4. The third-order valence-electron chi connectivity index (χ3n) is 6.44. The van der Waals surface area contributed by atoms with Gasteiger partial charge in [-0.25, -0.2) is 0 Å². The minimum atomic E-state index is 0.120. The van der Waals surface area contributed by atoms with Gasteiger partial charge < -0.3 is 5.73 Å². The van der Waals surface area contributed by atoms with Crippen LogP contribution in [0.2, 0.25) is 0 Å². The van der Waals surface area contributed by atoms with E-state index in [9.17, 15) is 0 Å². The second-order valence-electron chi connectivity index (χ2n) is 8.77. The molecule has 1 aliphatic carbocycles. The Bertz CT molecular complexity index is 1160. The Morgan fingerprint density at radius 1 is 0.966 bits per heavy atom. The minimum Gasteiger partial charge on any atom is -0.384 e. The highest BCUT2D eigenvalue weighted by molar-refractivity contribution is 6.04. The first-order valence-electron chi connectivity index (χ1n) is 10.6. The number of nitrogens with zero attached hydrogens (tertiary/aromatic N) is 1. The molecule has 3 heteroatoms. The lowest BCUT2D eigenvalue weighted by atomic mass is 9.89. The van der Waals surface area contributed by atoms with Crippen molar-refractivity contribution in [3.63, 3.8) is 0 Å². The lowest BCUT2D eigenvalue weighted by Crippen LogP contribution is -2.18. The molecule has 0 aromatic heterocycles. The third-order valence-corrected chi connectivity index (χ3v) is 6.44. The Labute approximate surface area is 172 Å². The summed E-state index contributed by atoms with van der Waals surface area (Å²) in [5, 5.41) is 9.99. The minimum absolute atomic E-state index is 0.120. The van der Waals surface area contributed by atoms with Crippen LogP contribution in [0, 0.1) is 11.3 Å². The lowest BCUT2D eigenvalue weighted by Gasteiger charge is -2.20. The summed E-state index contributed by atoms with van der Waals surface area (Å²) in [7, 11) is 0. The molecule has 3 aromatic carbocycles. The summed E-state index contributed by atoms with van der Waals surface area (Å²) < 4.78 is 0. The molecule has 29 heavy (non-hydrogen) atoms. The van der Waals surface area contributed by atoms with Crippen LogP contribution in [-0.2, 0) is 6.42 Å². The van der Waals surface area contributed by atoms with Crippen molar-refractivity contribution < 1.29 is 0 Å². The summed E-state index contributed by atoms with van der Waals surface area (Å²) in [4.78, 5) is 4.81. The molecule has 146 valence electrons. The number of benzene rings is 3. The van der Waals surface area contributed by atoms with Gasteiger partial charge in [0.15, 0.2) is 0 Å². The van der Waals surface area contributed by atoms with E-state index in [1.165, 1.54) is 39.8 Å². The highest BCUT2D eigenvalue weighted by atomic mass is 14.8. The molecule has 0 bridgehead atoms. The summed E-state index contributed by atoms with van der Waals surface area (Å²) in [6.07, 6.45) is 2.27. The van der Waals surface area contributed by atoms with Gasteiger partial charge in [0, 0.05) is 17.8 Å². The van der Waals surface area contributed by atoms with Crippen LogP contribution in [0.4, 0.5) is 0 Å². The molecule has 1 saturated carbocycles. The third kappa shape index (κ3) is 3.25. The van der Waals surface area contributed by atoms with E-state index >= 15 is 0 Å². The summed E-state index contributed by atoms with van der Waals surface area (Å²) in [6, 6.07) is 19.8. The molecule has 0 radical (unpaired) electrons. The van der Waals surface area contributed by atoms with Gasteiger partial charge in [-0.3, -0.25) is 10.4 Å². The van der Waals surface area contributed by atoms with Crippen molar-refractivity contribution in [1.82, 2.24) is 0 Å². The Morgan fingerprint density at radius 3 is 2.41 bits per heavy atom. The predicted octanol–water partition coefficient (Wildman–Crippen LogP) is 5.40. The van der Waals surface area contributed by atoms with Gasteiger partial charge in [0.1, 0.15) is 5.84 Å². The average molecular weight is 382 g/mol. The van der Waals surface area contributed by atoms with Crippen LogP contribution in [0.3, 0.4) is 0 Å². The van der Waals surface area contributed by atoms with Crippen molar-refractivity contribution in [1.29, 1.82) is 5.41 Å². The van der Waals surface area contributed by atoms with Crippen molar-refractivity contribution in [2.75, 3.05) is 6.54 Å². The molecule has 2 aliphatic rings. The van der Waals surface area contributed by atoms with Gasteiger partial charge in [-0.15, -0.1) is 0 Å². The standard InChI is InChI=1S/C26H27N3/c1-15(2)25-24-13-20(6-3-16(24)9-10-29-25)23-14-22(23)19-7-4-18-12-21(26(27)28)8-5-17(18)11-19/h3-8,11-13,15,22-23H,9-10,14H2,1-2H3,(H3,27,28)/t22-,23-/m0/s1. The van der Waals surface area contributed by atoms with Crippen LogP contribution in [0.25, 0.3) is 10.8 Å². The van der Waals surface area contributed by atoms with E-state index in [0.717, 1.165) is 23.9 Å². The second-order valence-corrected chi connectivity index (χ2v) is 8.77. The highest BCUT2D eigenvalue weighted by Crippen LogP contribution is 2.55. The van der Waals surface area contributed by atoms with Gasteiger partial charge in [0.05, 0.1) is 0 Å². The van der Waals surface area contributed by atoms with Crippen molar-refractivity contribution in [3.8, 4) is 0 Å². The fourth-order valence-electron chi connectivity index (χ4n) is 4.75. The van der Waals surface area contributed by atoms with Crippen LogP contribution >= 0.6 is 0 Å². The number of fused-ring (bicyclic) bond motifs is 2. The molecule has 0 spiro atoms. The van der Waals surface area contributed by atoms with Crippen molar-refractivity contribution in [2.45, 2.75) is 38.5 Å². The van der Waals surface area contributed by atoms with E-state index in [1.54, 1.807) is 0 Å². The fourth-order valence-corrected chi connectivity index (χ4v) is 4.75. The van der Waals surface area contributed by atoms with Crippen molar-refractivity contribution in [3.05, 3.63) is 82.4 Å². The van der Waals surface area contributed by atoms with Gasteiger partial charge in [0.2, 0.25) is 0 Å². The molecule has 2 atom stereocenters. The first kappa shape index (κ1) is 18.1. The fraction of sp³-hybridized carbons (Fsp3) is 0.308. The number of nitrogens with two attached hydrogens (primary N) is 1. The Hall–Kier alpha value is -2.94. The largest absolute Gasteiger partial charge is 0.384 e. The summed E-state index contributed by atoms with van der Waals surface area (Å²) >= 11 is 0. The summed E-state index contributed by atoms with van der Waals surface area (Å²) in [6.45, 7) is 5.41. The van der Waals surface area contributed by atoms with E-state index in [0.29, 0.717) is 17.8 Å². The second kappa shape index (κ2) is 6.84. The van der Waals surface area contributed by atoms with Crippen LogP contribution in [-0.4, -0.2) is 18.1 Å². The first-order valence-corrected chi connectivity index (χ1v) is 10.6. The number of rotatable bonds is 4. The van der Waals surface area contributed by atoms with E-state index in [-0.39, 0.29) is 5.84 Å². The zero-order valence-electron chi connectivity index (χ0n) is 17.1. The van der Waals surface area contributed by atoms with E-state index in [2.05, 4.69) is 56.3 Å². The molecular weight excluding hydrogens is 354 g/mol. The Balaban J connectivity index is 1.42. The van der Waals surface area contributed by atoms with Crippen molar-refractivity contribution in [2.24, 2.45) is 16.6 Å². The van der Waals surface area contributed by atoms with E-state index in [1.807, 2.05) is 12.1 Å². The number of aliphatic imine (C=N–C) groups is 1. The number of hydrogen-bond acceptors (Lipinski definition) is 2. The molecule has 1 fully saturated rings. The maximum Gasteiger partial charge on any atom is 0.122 e. The summed E-state index contributed by atoms with van der Waals surface area (Å²) in [5.74, 6) is 1.78. The number of nitrogen functional groups attached to an aromatic ring is 1. The number of amidine groups is 1. The predicted molar refractivity (Wildman–Crippen MR) is 121 cm³/mol. The molecule has 3 N–H and O–H groups in total.